The van der Waals surface area contributed by atoms with Gasteiger partial charge >= 0.3 is 0 Å². The first-order chi connectivity index (χ1) is 11.1. The highest BCUT2D eigenvalue weighted by molar-refractivity contribution is 7.22. The van der Waals surface area contributed by atoms with Crippen LogP contribution in [0, 0.1) is 6.92 Å². The van der Waals surface area contributed by atoms with Crippen molar-refractivity contribution >= 4 is 38.5 Å². The van der Waals surface area contributed by atoms with Gasteiger partial charge in [-0.2, -0.15) is 0 Å². The van der Waals surface area contributed by atoms with E-state index in [1.54, 1.807) is 4.90 Å². The van der Waals surface area contributed by atoms with Crippen LogP contribution in [0.25, 0.3) is 10.2 Å². The van der Waals surface area contributed by atoms with Gasteiger partial charge in [0.25, 0.3) is 0 Å². The van der Waals surface area contributed by atoms with E-state index < -0.39 is 0 Å². The minimum atomic E-state index is -0.370. The molecule has 1 saturated heterocycles. The molecule has 2 aromatic rings. The number of hydrogen-bond donors (Lipinski definition) is 1. The molecule has 1 unspecified atom stereocenters. The van der Waals surface area contributed by atoms with Crippen LogP contribution in [0.2, 0.25) is 0 Å². The first-order valence-corrected chi connectivity index (χ1v) is 8.87. The summed E-state index contributed by atoms with van der Waals surface area (Å²) in [5.41, 5.74) is 2.06. The number of carbonyl (C=O) groups excluding carboxylic acids is 2. The summed E-state index contributed by atoms with van der Waals surface area (Å²) in [6, 6.07) is 5.67. The van der Waals surface area contributed by atoms with Crippen LogP contribution in [0.3, 0.4) is 0 Å². The third-order valence-corrected chi connectivity index (χ3v) is 5.14. The summed E-state index contributed by atoms with van der Waals surface area (Å²) in [5.74, 6) is -0.0768. The van der Waals surface area contributed by atoms with Crippen molar-refractivity contribution in [3.05, 3.63) is 23.8 Å². The SMILES string of the molecule is CCC(=O)N1CCCCC1C(=O)Nc1nc2ccc(C)cc2s1. The maximum Gasteiger partial charge on any atom is 0.248 e. The number of piperidine rings is 1. The summed E-state index contributed by atoms with van der Waals surface area (Å²) >= 11 is 1.47. The molecule has 3 rings (SSSR count). The van der Waals surface area contributed by atoms with Crippen LogP contribution >= 0.6 is 11.3 Å². The van der Waals surface area contributed by atoms with Crippen molar-refractivity contribution in [3.8, 4) is 0 Å². The van der Waals surface area contributed by atoms with Gasteiger partial charge in [0, 0.05) is 13.0 Å². The molecular weight excluding hydrogens is 310 g/mol. The largest absolute Gasteiger partial charge is 0.331 e. The molecule has 0 spiro atoms. The summed E-state index contributed by atoms with van der Waals surface area (Å²) < 4.78 is 1.06. The molecule has 1 aliphatic heterocycles. The highest BCUT2D eigenvalue weighted by Crippen LogP contribution is 2.27. The Morgan fingerprint density at radius 1 is 1.39 bits per heavy atom. The average molecular weight is 331 g/mol. The molecule has 6 heteroatoms. The van der Waals surface area contributed by atoms with Gasteiger partial charge in [-0.25, -0.2) is 4.98 Å². The smallest absolute Gasteiger partial charge is 0.248 e. The van der Waals surface area contributed by atoms with Gasteiger partial charge < -0.3 is 10.2 Å². The molecule has 5 nitrogen and oxygen atoms in total. The monoisotopic (exact) mass is 331 g/mol. The molecule has 23 heavy (non-hydrogen) atoms. The second kappa shape index (κ2) is 6.66. The van der Waals surface area contributed by atoms with Gasteiger partial charge in [0.05, 0.1) is 10.2 Å². The number of amides is 2. The molecule has 0 bridgehead atoms. The van der Waals surface area contributed by atoms with Gasteiger partial charge in [0.15, 0.2) is 5.13 Å². The number of benzene rings is 1. The highest BCUT2D eigenvalue weighted by Gasteiger charge is 2.31. The van der Waals surface area contributed by atoms with E-state index >= 15 is 0 Å². The molecule has 0 aliphatic carbocycles. The van der Waals surface area contributed by atoms with Crippen molar-refractivity contribution in [2.45, 2.75) is 45.6 Å². The fraction of sp³-hybridized carbons (Fsp3) is 0.471. The maximum atomic E-state index is 12.6. The number of aromatic nitrogens is 1. The standard InChI is InChI=1S/C17H21N3O2S/c1-3-15(21)20-9-5-4-6-13(20)16(22)19-17-18-12-8-7-11(2)10-14(12)23-17/h7-8,10,13H,3-6,9H2,1-2H3,(H,18,19,22). The summed E-state index contributed by atoms with van der Waals surface area (Å²) in [6.07, 6.45) is 3.10. The number of thiazole rings is 1. The number of fused-ring (bicyclic) bond motifs is 1. The molecule has 1 aliphatic rings. The van der Waals surface area contributed by atoms with Crippen LogP contribution in [0.4, 0.5) is 5.13 Å². The minimum Gasteiger partial charge on any atom is -0.331 e. The minimum absolute atomic E-state index is 0.0461. The zero-order chi connectivity index (χ0) is 16.4. The van der Waals surface area contributed by atoms with Crippen LogP contribution in [-0.2, 0) is 9.59 Å². The van der Waals surface area contributed by atoms with Crippen LogP contribution in [0.1, 0.15) is 38.2 Å². The Morgan fingerprint density at radius 2 is 2.22 bits per heavy atom. The Morgan fingerprint density at radius 3 is 3.00 bits per heavy atom. The Balaban J connectivity index is 1.77. The lowest BCUT2D eigenvalue weighted by molar-refractivity contribution is -0.140. The Bertz CT molecular complexity index is 741. The van der Waals surface area contributed by atoms with E-state index in [1.165, 1.54) is 16.9 Å². The Kier molecular flexibility index (Phi) is 4.61. The lowest BCUT2D eigenvalue weighted by Crippen LogP contribution is -2.49. The van der Waals surface area contributed by atoms with E-state index in [1.807, 2.05) is 26.0 Å². The first-order valence-electron chi connectivity index (χ1n) is 8.06. The second-order valence-electron chi connectivity index (χ2n) is 5.93. The van der Waals surface area contributed by atoms with Crippen molar-refractivity contribution < 1.29 is 9.59 Å². The van der Waals surface area contributed by atoms with E-state index in [-0.39, 0.29) is 17.9 Å². The number of aryl methyl sites for hydroxylation is 1. The van der Waals surface area contributed by atoms with Gasteiger partial charge in [0.1, 0.15) is 6.04 Å². The molecule has 1 fully saturated rings. The zero-order valence-electron chi connectivity index (χ0n) is 13.5. The molecule has 2 amide bonds. The number of nitrogens with zero attached hydrogens (tertiary/aromatic N) is 2. The fourth-order valence-electron chi connectivity index (χ4n) is 2.98. The van der Waals surface area contributed by atoms with E-state index in [9.17, 15) is 9.59 Å². The number of anilines is 1. The maximum absolute atomic E-state index is 12.6. The molecule has 122 valence electrons. The summed E-state index contributed by atoms with van der Waals surface area (Å²) in [7, 11) is 0. The lowest BCUT2D eigenvalue weighted by atomic mass is 10.0. The average Bonchev–Trinajstić information content (AvgIpc) is 2.95. The number of likely N-dealkylation sites (tertiary alicyclic amines) is 1. The van der Waals surface area contributed by atoms with Gasteiger partial charge in [-0.3, -0.25) is 9.59 Å². The Labute approximate surface area is 139 Å². The number of rotatable bonds is 3. The summed E-state index contributed by atoms with van der Waals surface area (Å²) in [4.78, 5) is 30.8. The zero-order valence-corrected chi connectivity index (χ0v) is 14.3. The van der Waals surface area contributed by atoms with Crippen molar-refractivity contribution in [2.75, 3.05) is 11.9 Å². The van der Waals surface area contributed by atoms with Crippen molar-refractivity contribution in [1.29, 1.82) is 0 Å². The molecule has 1 aromatic heterocycles. The molecule has 2 heterocycles. The molecule has 1 N–H and O–H groups in total. The highest BCUT2D eigenvalue weighted by atomic mass is 32.1. The van der Waals surface area contributed by atoms with Crippen LogP contribution in [0.15, 0.2) is 18.2 Å². The van der Waals surface area contributed by atoms with E-state index in [0.717, 1.165) is 29.5 Å². The first kappa shape index (κ1) is 15.9. The van der Waals surface area contributed by atoms with Crippen LogP contribution < -0.4 is 5.32 Å². The van der Waals surface area contributed by atoms with Crippen molar-refractivity contribution in [3.63, 3.8) is 0 Å². The summed E-state index contributed by atoms with van der Waals surface area (Å²) in [5, 5.41) is 3.51. The van der Waals surface area contributed by atoms with Gasteiger partial charge in [0.2, 0.25) is 11.8 Å². The topological polar surface area (TPSA) is 62.3 Å². The van der Waals surface area contributed by atoms with Gasteiger partial charge in [-0.05, 0) is 43.9 Å². The predicted octanol–water partition coefficient (Wildman–Crippen LogP) is 3.33. The molecular formula is C17H21N3O2S. The van der Waals surface area contributed by atoms with Crippen LogP contribution in [0.5, 0.6) is 0 Å². The quantitative estimate of drug-likeness (QED) is 0.938. The number of hydrogen-bond acceptors (Lipinski definition) is 4. The number of nitrogens with one attached hydrogen (secondary N) is 1. The number of carbonyl (C=O) groups is 2. The molecule has 0 radical (unpaired) electrons. The predicted molar refractivity (Wildman–Crippen MR) is 92.6 cm³/mol. The third-order valence-electron chi connectivity index (χ3n) is 4.20. The fourth-order valence-corrected chi connectivity index (χ4v) is 3.95. The van der Waals surface area contributed by atoms with Gasteiger partial charge in [-0.1, -0.05) is 24.3 Å². The van der Waals surface area contributed by atoms with Crippen LogP contribution in [-0.4, -0.2) is 34.3 Å². The Hall–Kier alpha value is -1.95. The van der Waals surface area contributed by atoms with E-state index in [4.69, 9.17) is 0 Å². The van der Waals surface area contributed by atoms with E-state index in [0.29, 0.717) is 18.1 Å². The van der Waals surface area contributed by atoms with Crippen molar-refractivity contribution in [2.24, 2.45) is 0 Å². The molecule has 1 atom stereocenters. The molecule has 1 aromatic carbocycles. The lowest BCUT2D eigenvalue weighted by Gasteiger charge is -2.34. The molecule has 0 saturated carbocycles. The third kappa shape index (κ3) is 3.37. The summed E-state index contributed by atoms with van der Waals surface area (Å²) in [6.45, 7) is 4.54. The van der Waals surface area contributed by atoms with Gasteiger partial charge in [-0.15, -0.1) is 0 Å². The normalized spacial score (nSPS) is 18.2. The van der Waals surface area contributed by atoms with Crippen molar-refractivity contribution in [1.82, 2.24) is 9.88 Å². The van der Waals surface area contributed by atoms with E-state index in [2.05, 4.69) is 16.4 Å². The second-order valence-corrected chi connectivity index (χ2v) is 6.96.